The number of nitrogens with zero attached hydrogens (tertiary/aromatic N) is 5. The molecular weight excluding hydrogens is 428 g/mol. The number of hydrogen-bond acceptors (Lipinski definition) is 7. The highest BCUT2D eigenvalue weighted by Gasteiger charge is 2.20. The van der Waals surface area contributed by atoms with Crippen molar-refractivity contribution in [3.63, 3.8) is 0 Å². The standard InChI is InChI=1S/C26H30N6O2/c1-30-12-14-32(15-13-30)26(33)21-4-2-20(3-5-21)25-27-11-10-24(29-25)28-22-6-8-23(9-7-22)31-16-18-34-19-17-31/h2-11H,12-19H2,1H3,(H,27,28,29). The molecule has 5 rings (SSSR count). The van der Waals surface area contributed by atoms with E-state index >= 15 is 0 Å². The van der Waals surface area contributed by atoms with E-state index in [0.29, 0.717) is 11.4 Å². The Hall–Kier alpha value is -3.49. The average Bonchev–Trinajstić information content (AvgIpc) is 2.90. The van der Waals surface area contributed by atoms with E-state index in [1.165, 1.54) is 5.69 Å². The Balaban J connectivity index is 1.24. The summed E-state index contributed by atoms with van der Waals surface area (Å²) in [6.45, 7) is 6.73. The molecule has 8 nitrogen and oxygen atoms in total. The second-order valence-electron chi connectivity index (χ2n) is 8.71. The molecule has 3 heterocycles. The molecule has 0 radical (unpaired) electrons. The van der Waals surface area contributed by atoms with E-state index in [0.717, 1.165) is 69.6 Å². The lowest BCUT2D eigenvalue weighted by molar-refractivity contribution is 0.0664. The number of morpholine rings is 1. The molecule has 0 spiro atoms. The minimum absolute atomic E-state index is 0.0801. The quantitative estimate of drug-likeness (QED) is 0.630. The van der Waals surface area contributed by atoms with Crippen molar-refractivity contribution in [1.29, 1.82) is 0 Å². The summed E-state index contributed by atoms with van der Waals surface area (Å²) in [7, 11) is 2.08. The fraction of sp³-hybridized carbons (Fsp3) is 0.346. The maximum Gasteiger partial charge on any atom is 0.253 e. The Morgan fingerprint density at radius 2 is 1.59 bits per heavy atom. The molecule has 0 aliphatic carbocycles. The number of anilines is 3. The fourth-order valence-corrected chi connectivity index (χ4v) is 4.25. The van der Waals surface area contributed by atoms with Crippen LogP contribution < -0.4 is 10.2 Å². The first kappa shape index (κ1) is 22.3. The molecule has 34 heavy (non-hydrogen) atoms. The number of aromatic nitrogens is 2. The molecule has 1 N–H and O–H groups in total. The van der Waals surface area contributed by atoms with Crippen LogP contribution in [0.15, 0.2) is 60.8 Å². The molecule has 0 unspecified atom stereocenters. The number of rotatable bonds is 5. The molecule has 2 aromatic carbocycles. The summed E-state index contributed by atoms with van der Waals surface area (Å²) in [4.78, 5) is 28.4. The van der Waals surface area contributed by atoms with Crippen molar-refractivity contribution >= 4 is 23.1 Å². The molecule has 2 aliphatic rings. The smallest absolute Gasteiger partial charge is 0.253 e. The number of hydrogen-bond donors (Lipinski definition) is 1. The van der Waals surface area contributed by atoms with Crippen molar-refractivity contribution in [3.05, 3.63) is 66.4 Å². The Labute approximate surface area is 200 Å². The summed E-state index contributed by atoms with van der Waals surface area (Å²) in [5.74, 6) is 1.42. The number of nitrogens with one attached hydrogen (secondary N) is 1. The highest BCUT2D eigenvalue weighted by atomic mass is 16.5. The molecule has 8 heteroatoms. The molecule has 0 atom stereocenters. The van der Waals surface area contributed by atoms with E-state index < -0.39 is 0 Å². The lowest BCUT2D eigenvalue weighted by Crippen LogP contribution is -2.47. The van der Waals surface area contributed by atoms with Crippen molar-refractivity contribution < 1.29 is 9.53 Å². The van der Waals surface area contributed by atoms with E-state index in [1.807, 2.05) is 35.2 Å². The molecule has 2 saturated heterocycles. The summed E-state index contributed by atoms with van der Waals surface area (Å²) in [6, 6.07) is 17.8. The lowest BCUT2D eigenvalue weighted by atomic mass is 10.1. The van der Waals surface area contributed by atoms with E-state index in [-0.39, 0.29) is 5.91 Å². The number of carbonyl (C=O) groups is 1. The number of benzene rings is 2. The molecular formula is C26H30N6O2. The van der Waals surface area contributed by atoms with Gasteiger partial charge in [-0.15, -0.1) is 0 Å². The van der Waals surface area contributed by atoms with Crippen LogP contribution in [0.1, 0.15) is 10.4 Å². The maximum absolute atomic E-state index is 12.8. The van der Waals surface area contributed by atoms with Crippen molar-refractivity contribution in [2.24, 2.45) is 0 Å². The molecule has 0 saturated carbocycles. The van der Waals surface area contributed by atoms with E-state index in [1.54, 1.807) is 6.20 Å². The molecule has 2 aliphatic heterocycles. The molecule has 1 aromatic heterocycles. The van der Waals surface area contributed by atoms with Gasteiger partial charge in [0.2, 0.25) is 0 Å². The minimum atomic E-state index is 0.0801. The third-order valence-corrected chi connectivity index (χ3v) is 6.35. The maximum atomic E-state index is 12.8. The molecule has 1 amide bonds. The normalized spacial score (nSPS) is 17.0. The van der Waals surface area contributed by atoms with Crippen LogP contribution in [0.25, 0.3) is 11.4 Å². The first-order chi connectivity index (χ1) is 16.7. The summed E-state index contributed by atoms with van der Waals surface area (Å²) >= 11 is 0. The number of carbonyl (C=O) groups excluding carboxylic acids is 1. The Morgan fingerprint density at radius 3 is 2.29 bits per heavy atom. The predicted molar refractivity (Wildman–Crippen MR) is 134 cm³/mol. The zero-order valence-corrected chi connectivity index (χ0v) is 19.5. The third-order valence-electron chi connectivity index (χ3n) is 6.35. The zero-order valence-electron chi connectivity index (χ0n) is 19.5. The van der Waals surface area contributed by atoms with Gasteiger partial charge in [-0.3, -0.25) is 4.79 Å². The van der Waals surface area contributed by atoms with E-state index in [9.17, 15) is 4.79 Å². The molecule has 2 fully saturated rings. The number of amides is 1. The van der Waals surface area contributed by atoms with E-state index in [2.05, 4.69) is 56.4 Å². The van der Waals surface area contributed by atoms with Crippen molar-refractivity contribution in [1.82, 2.24) is 19.8 Å². The number of ether oxygens (including phenoxy) is 1. The summed E-state index contributed by atoms with van der Waals surface area (Å²) in [5, 5.41) is 3.36. The van der Waals surface area contributed by atoms with Crippen molar-refractivity contribution in [3.8, 4) is 11.4 Å². The SMILES string of the molecule is CN1CCN(C(=O)c2ccc(-c3nccc(Nc4ccc(N5CCOCC5)cc4)n3)cc2)CC1. The second-order valence-corrected chi connectivity index (χ2v) is 8.71. The highest BCUT2D eigenvalue weighted by molar-refractivity contribution is 5.94. The van der Waals surface area contributed by atoms with Gasteiger partial charge in [-0.2, -0.15) is 0 Å². The summed E-state index contributed by atoms with van der Waals surface area (Å²) < 4.78 is 5.43. The molecule has 3 aromatic rings. The topological polar surface area (TPSA) is 73.8 Å². The van der Waals surface area contributed by atoms with Crippen LogP contribution in [0.3, 0.4) is 0 Å². The van der Waals surface area contributed by atoms with Gasteiger partial charge in [-0.1, -0.05) is 12.1 Å². The number of piperazine rings is 1. The van der Waals surface area contributed by atoms with Crippen LogP contribution in [0.4, 0.5) is 17.2 Å². The van der Waals surface area contributed by atoms with Crippen molar-refractivity contribution in [2.75, 3.05) is 69.7 Å². The lowest BCUT2D eigenvalue weighted by Gasteiger charge is -2.32. The summed E-state index contributed by atoms with van der Waals surface area (Å²) in [5.41, 5.74) is 3.74. The van der Waals surface area contributed by atoms with Gasteiger partial charge in [0.1, 0.15) is 5.82 Å². The van der Waals surface area contributed by atoms with E-state index in [4.69, 9.17) is 4.74 Å². The fourth-order valence-electron chi connectivity index (χ4n) is 4.25. The van der Waals surface area contributed by atoms with Crippen LogP contribution >= 0.6 is 0 Å². The largest absolute Gasteiger partial charge is 0.378 e. The van der Waals surface area contributed by atoms with Gasteiger partial charge in [0.15, 0.2) is 5.82 Å². The average molecular weight is 459 g/mol. The Bertz CT molecular complexity index is 1100. The van der Waals surface area contributed by atoms with Gasteiger partial charge in [-0.25, -0.2) is 9.97 Å². The summed E-state index contributed by atoms with van der Waals surface area (Å²) in [6.07, 6.45) is 1.75. The third kappa shape index (κ3) is 5.18. The first-order valence-corrected chi connectivity index (χ1v) is 11.8. The van der Waals surface area contributed by atoms with Gasteiger partial charge in [0.25, 0.3) is 5.91 Å². The Morgan fingerprint density at radius 1 is 0.882 bits per heavy atom. The molecule has 176 valence electrons. The predicted octanol–water partition coefficient (Wildman–Crippen LogP) is 3.11. The number of likely N-dealkylation sites (N-methyl/N-ethyl adjacent to an activating group) is 1. The second kappa shape index (κ2) is 10.2. The van der Waals surface area contributed by atoms with Crippen LogP contribution in [-0.2, 0) is 4.74 Å². The Kier molecular flexibility index (Phi) is 6.69. The van der Waals surface area contributed by atoms with Gasteiger partial charge in [0, 0.05) is 68.0 Å². The van der Waals surface area contributed by atoms with Gasteiger partial charge < -0.3 is 24.8 Å². The van der Waals surface area contributed by atoms with Crippen LogP contribution in [0, 0.1) is 0 Å². The van der Waals surface area contributed by atoms with Gasteiger partial charge in [0.05, 0.1) is 13.2 Å². The minimum Gasteiger partial charge on any atom is -0.378 e. The van der Waals surface area contributed by atoms with Gasteiger partial charge in [-0.05, 0) is 49.5 Å². The van der Waals surface area contributed by atoms with Crippen LogP contribution in [0.2, 0.25) is 0 Å². The van der Waals surface area contributed by atoms with Crippen molar-refractivity contribution in [2.45, 2.75) is 0 Å². The monoisotopic (exact) mass is 458 g/mol. The highest BCUT2D eigenvalue weighted by Crippen LogP contribution is 2.23. The first-order valence-electron chi connectivity index (χ1n) is 11.8. The zero-order chi connectivity index (χ0) is 23.3. The molecule has 0 bridgehead atoms. The van der Waals surface area contributed by atoms with Crippen LogP contribution in [-0.4, -0.2) is 85.2 Å². The van der Waals surface area contributed by atoms with Gasteiger partial charge >= 0.3 is 0 Å². The van der Waals surface area contributed by atoms with Crippen LogP contribution in [0.5, 0.6) is 0 Å².